The second-order valence-electron chi connectivity index (χ2n) is 3.86. The highest BCUT2D eigenvalue weighted by atomic mass is 16.4. The van der Waals surface area contributed by atoms with Gasteiger partial charge in [-0.2, -0.15) is 0 Å². The molecule has 0 aliphatic rings. The summed E-state index contributed by atoms with van der Waals surface area (Å²) in [5, 5.41) is 27.3. The molecule has 0 aromatic heterocycles. The lowest BCUT2D eigenvalue weighted by Gasteiger charge is -2.06. The van der Waals surface area contributed by atoms with Crippen LogP contribution < -0.4 is 10.9 Å². The summed E-state index contributed by atoms with van der Waals surface area (Å²) in [6.45, 7) is 0. The molecule has 2 aromatic carbocycles. The first-order chi connectivity index (χ1) is 8.20. The summed E-state index contributed by atoms with van der Waals surface area (Å²) in [4.78, 5) is 0. The van der Waals surface area contributed by atoms with Gasteiger partial charge < -0.3 is 15.1 Å². The van der Waals surface area contributed by atoms with Crippen LogP contribution >= 0.6 is 0 Å². The second-order valence-corrected chi connectivity index (χ2v) is 3.86. The van der Waals surface area contributed by atoms with Crippen LogP contribution in [0.5, 0.6) is 0 Å². The van der Waals surface area contributed by atoms with Crippen molar-refractivity contribution in [2.45, 2.75) is 0 Å². The lowest BCUT2D eigenvalue weighted by Crippen LogP contribution is -2.29. The molecule has 2 rings (SSSR count). The van der Waals surface area contributed by atoms with Gasteiger partial charge in [-0.1, -0.05) is 54.0 Å². The average Bonchev–Trinajstić information content (AvgIpc) is 2.39. The van der Waals surface area contributed by atoms with Crippen LogP contribution in [-0.2, 0) is 0 Å². The summed E-state index contributed by atoms with van der Waals surface area (Å²) in [5.41, 5.74) is 3.12. The van der Waals surface area contributed by atoms with Gasteiger partial charge in [0.1, 0.15) is 0 Å². The first-order valence-electron chi connectivity index (χ1n) is 5.37. The van der Waals surface area contributed by atoms with E-state index in [9.17, 15) is 0 Å². The molecular formula is C12H12B2O3. The summed E-state index contributed by atoms with van der Waals surface area (Å²) in [6.07, 6.45) is 0. The van der Waals surface area contributed by atoms with E-state index in [4.69, 9.17) is 15.1 Å². The minimum absolute atomic E-state index is 0.00381. The maximum absolute atomic E-state index is 9.11. The molecule has 5 heteroatoms. The number of hydrogen-bond donors (Lipinski definition) is 3. The van der Waals surface area contributed by atoms with Gasteiger partial charge in [0.15, 0.2) is 0 Å². The monoisotopic (exact) mass is 226 g/mol. The van der Waals surface area contributed by atoms with Gasteiger partial charge in [0.2, 0.25) is 0 Å². The Hall–Kier alpha value is -1.55. The third-order valence-electron chi connectivity index (χ3n) is 2.63. The Morgan fingerprint density at radius 3 is 2.18 bits per heavy atom. The van der Waals surface area contributed by atoms with Gasteiger partial charge in [0, 0.05) is 0 Å². The zero-order chi connectivity index (χ0) is 12.3. The summed E-state index contributed by atoms with van der Waals surface area (Å²) in [7, 11) is -1.47. The highest BCUT2D eigenvalue weighted by Gasteiger charge is 2.11. The molecule has 0 aliphatic heterocycles. The van der Waals surface area contributed by atoms with Crippen molar-refractivity contribution in [3.8, 4) is 11.1 Å². The fraction of sp³-hybridized carbons (Fsp3) is 0. The van der Waals surface area contributed by atoms with Gasteiger partial charge in [-0.15, -0.1) is 0 Å². The van der Waals surface area contributed by atoms with E-state index in [1.54, 1.807) is 18.2 Å². The minimum atomic E-state index is -1.46. The van der Waals surface area contributed by atoms with Crippen molar-refractivity contribution < 1.29 is 15.1 Å². The van der Waals surface area contributed by atoms with E-state index >= 15 is 0 Å². The van der Waals surface area contributed by atoms with Gasteiger partial charge in [0.25, 0.3) is 0 Å². The molecule has 0 aliphatic carbocycles. The summed E-state index contributed by atoms with van der Waals surface area (Å²) in [6, 6.07) is 14.5. The summed E-state index contributed by atoms with van der Waals surface area (Å²) in [5.74, 6) is 0. The average molecular weight is 226 g/mol. The van der Waals surface area contributed by atoms with E-state index in [1.165, 1.54) is 0 Å². The van der Waals surface area contributed by atoms with Gasteiger partial charge >= 0.3 is 14.6 Å². The molecule has 2 aromatic rings. The van der Waals surface area contributed by atoms with Crippen LogP contribution in [0.1, 0.15) is 0 Å². The largest absolute Gasteiger partial charge is 0.488 e. The van der Waals surface area contributed by atoms with Crippen molar-refractivity contribution in [3.05, 3.63) is 48.5 Å². The fourth-order valence-electron chi connectivity index (χ4n) is 1.73. The topological polar surface area (TPSA) is 60.7 Å². The molecule has 3 nitrogen and oxygen atoms in total. The zero-order valence-corrected chi connectivity index (χ0v) is 9.24. The van der Waals surface area contributed by atoms with Crippen LogP contribution in [0.2, 0.25) is 0 Å². The zero-order valence-electron chi connectivity index (χ0n) is 9.24. The molecular weight excluding hydrogens is 214 g/mol. The predicted molar refractivity (Wildman–Crippen MR) is 70.7 cm³/mol. The Labute approximate surface area is 101 Å². The quantitative estimate of drug-likeness (QED) is 0.588. The number of rotatable bonds is 3. The maximum Gasteiger partial charge on any atom is 0.488 e. The minimum Gasteiger partial charge on any atom is -0.449 e. The molecule has 0 radical (unpaired) electrons. The van der Waals surface area contributed by atoms with Crippen LogP contribution in [0.15, 0.2) is 48.5 Å². The molecule has 84 valence electrons. The van der Waals surface area contributed by atoms with Crippen molar-refractivity contribution in [1.82, 2.24) is 0 Å². The van der Waals surface area contributed by atoms with Gasteiger partial charge in [-0.3, -0.25) is 0 Å². The summed E-state index contributed by atoms with van der Waals surface area (Å²) < 4.78 is 0. The van der Waals surface area contributed by atoms with Crippen LogP contribution in [0.3, 0.4) is 0 Å². The van der Waals surface area contributed by atoms with Gasteiger partial charge in [-0.25, -0.2) is 0 Å². The third kappa shape index (κ3) is 2.77. The van der Waals surface area contributed by atoms with E-state index in [1.807, 2.05) is 30.3 Å². The Bertz CT molecular complexity index is 515. The van der Waals surface area contributed by atoms with E-state index in [2.05, 4.69) is 0 Å². The van der Waals surface area contributed by atoms with Crippen molar-refractivity contribution in [1.29, 1.82) is 0 Å². The molecule has 3 N–H and O–H groups in total. The highest BCUT2D eigenvalue weighted by Crippen LogP contribution is 2.16. The molecule has 17 heavy (non-hydrogen) atoms. The molecule has 0 saturated carbocycles. The molecule has 0 spiro atoms. The lowest BCUT2D eigenvalue weighted by atomic mass is 9.78. The number of benzene rings is 2. The Balaban J connectivity index is 2.41. The van der Waals surface area contributed by atoms with Crippen molar-refractivity contribution in [2.24, 2.45) is 0 Å². The van der Waals surface area contributed by atoms with E-state index in [0.29, 0.717) is 5.46 Å². The van der Waals surface area contributed by atoms with Crippen molar-refractivity contribution in [2.75, 3.05) is 0 Å². The summed E-state index contributed by atoms with van der Waals surface area (Å²) >= 11 is 0. The Morgan fingerprint density at radius 2 is 1.53 bits per heavy atom. The SMILES string of the molecule is OBc1cccc(-c2cccc(B(O)O)c2)c1. The van der Waals surface area contributed by atoms with E-state index < -0.39 is 7.12 Å². The van der Waals surface area contributed by atoms with E-state index in [-0.39, 0.29) is 7.48 Å². The Kier molecular flexibility index (Phi) is 3.64. The molecule has 0 atom stereocenters. The molecule has 0 bridgehead atoms. The molecule has 0 heterocycles. The smallest absolute Gasteiger partial charge is 0.449 e. The van der Waals surface area contributed by atoms with Crippen LogP contribution in [-0.4, -0.2) is 29.7 Å². The van der Waals surface area contributed by atoms with Crippen LogP contribution in [0, 0.1) is 0 Å². The van der Waals surface area contributed by atoms with Crippen molar-refractivity contribution >= 4 is 25.5 Å². The third-order valence-corrected chi connectivity index (χ3v) is 2.63. The second kappa shape index (κ2) is 5.19. The molecule has 0 amide bonds. The van der Waals surface area contributed by atoms with E-state index in [0.717, 1.165) is 16.6 Å². The van der Waals surface area contributed by atoms with Gasteiger partial charge in [-0.05, 0) is 16.6 Å². The predicted octanol–water partition coefficient (Wildman–Crippen LogP) is -0.998. The van der Waals surface area contributed by atoms with Crippen molar-refractivity contribution in [3.63, 3.8) is 0 Å². The first kappa shape index (κ1) is 11.9. The molecule has 0 saturated heterocycles. The highest BCUT2D eigenvalue weighted by molar-refractivity contribution is 6.58. The first-order valence-corrected chi connectivity index (χ1v) is 5.37. The molecule has 0 fully saturated rings. The lowest BCUT2D eigenvalue weighted by molar-refractivity contribution is 0.426. The Morgan fingerprint density at radius 1 is 0.882 bits per heavy atom. The fourth-order valence-corrected chi connectivity index (χ4v) is 1.73. The number of hydrogen-bond acceptors (Lipinski definition) is 3. The normalized spacial score (nSPS) is 10.1. The van der Waals surface area contributed by atoms with Gasteiger partial charge in [0.05, 0.1) is 0 Å². The molecule has 0 unspecified atom stereocenters. The maximum atomic E-state index is 9.11. The van der Waals surface area contributed by atoms with Crippen LogP contribution in [0.4, 0.5) is 0 Å². The standard InChI is InChI=1S/C12H12B2O3/c15-13-11-5-1-3-9(7-11)10-4-2-6-12(8-10)14(16)17/h1-8,13,15-17H. The van der Waals surface area contributed by atoms with Crippen LogP contribution in [0.25, 0.3) is 11.1 Å².